The summed E-state index contributed by atoms with van der Waals surface area (Å²) in [6, 6.07) is 13.9. The molecule has 2 bridgehead atoms. The molecule has 2 saturated carbocycles. The van der Waals surface area contributed by atoms with Crippen molar-refractivity contribution in [1.82, 2.24) is 4.90 Å². The van der Waals surface area contributed by atoms with Crippen molar-refractivity contribution in [2.24, 2.45) is 35.5 Å². The van der Waals surface area contributed by atoms with Gasteiger partial charge in [0, 0.05) is 11.3 Å². The van der Waals surface area contributed by atoms with E-state index in [4.69, 9.17) is 9.47 Å². The number of carbonyl (C=O) groups is 3. The fourth-order valence-electron chi connectivity index (χ4n) is 6.24. The molecular weight excluding hydrogens is 432 g/mol. The zero-order valence-corrected chi connectivity index (χ0v) is 19.1. The molecule has 0 N–H and O–H groups in total. The SMILES string of the molecule is COc1ccc(N(CN2C(=O)C3C4C=CC(C5CC45)C3C2=O)C(=O)c2cccc(OC)c2)cc1. The summed E-state index contributed by atoms with van der Waals surface area (Å²) in [7, 11) is 3.12. The Balaban J connectivity index is 1.34. The summed E-state index contributed by atoms with van der Waals surface area (Å²) in [5.74, 6) is 1.34. The van der Waals surface area contributed by atoms with Gasteiger partial charge in [-0.15, -0.1) is 0 Å². The molecule has 4 aliphatic carbocycles. The maximum Gasteiger partial charge on any atom is 0.259 e. The van der Waals surface area contributed by atoms with Gasteiger partial charge in [0.15, 0.2) is 0 Å². The van der Waals surface area contributed by atoms with Gasteiger partial charge in [-0.25, -0.2) is 0 Å². The predicted molar refractivity (Wildman–Crippen MR) is 124 cm³/mol. The minimum absolute atomic E-state index is 0.123. The predicted octanol–water partition coefficient (Wildman–Crippen LogP) is 3.36. The lowest BCUT2D eigenvalue weighted by molar-refractivity contribution is -0.140. The molecule has 2 aromatic rings. The minimum Gasteiger partial charge on any atom is -0.497 e. The molecule has 1 aliphatic heterocycles. The second kappa shape index (κ2) is 7.72. The van der Waals surface area contributed by atoms with Crippen molar-refractivity contribution < 1.29 is 23.9 Å². The lowest BCUT2D eigenvalue weighted by atomic mass is 9.63. The first kappa shape index (κ1) is 21.0. The molecule has 3 amide bonds. The number of allylic oxidation sites excluding steroid dienone is 2. The van der Waals surface area contributed by atoms with E-state index in [0.717, 1.165) is 6.42 Å². The lowest BCUT2D eigenvalue weighted by Gasteiger charge is -2.37. The van der Waals surface area contributed by atoms with E-state index in [2.05, 4.69) is 12.2 Å². The van der Waals surface area contributed by atoms with Crippen LogP contribution < -0.4 is 14.4 Å². The van der Waals surface area contributed by atoms with Crippen molar-refractivity contribution in [2.45, 2.75) is 6.42 Å². The molecule has 174 valence electrons. The first-order valence-corrected chi connectivity index (χ1v) is 11.7. The zero-order chi connectivity index (χ0) is 23.6. The van der Waals surface area contributed by atoms with Crippen LogP contribution in [0.25, 0.3) is 0 Å². The number of methoxy groups -OCH3 is 2. The van der Waals surface area contributed by atoms with Crippen molar-refractivity contribution in [1.29, 1.82) is 0 Å². The van der Waals surface area contributed by atoms with E-state index in [1.807, 2.05) is 0 Å². The van der Waals surface area contributed by atoms with E-state index in [1.165, 1.54) is 9.80 Å². The highest BCUT2D eigenvalue weighted by Gasteiger charge is 2.67. The van der Waals surface area contributed by atoms with Gasteiger partial charge >= 0.3 is 0 Å². The summed E-state index contributed by atoms with van der Waals surface area (Å²) in [5.41, 5.74) is 0.989. The van der Waals surface area contributed by atoms with E-state index in [1.54, 1.807) is 62.8 Å². The summed E-state index contributed by atoms with van der Waals surface area (Å²) in [6.07, 6.45) is 5.41. The molecule has 0 aromatic heterocycles. The van der Waals surface area contributed by atoms with Crippen molar-refractivity contribution >= 4 is 23.4 Å². The highest BCUT2D eigenvalue weighted by Crippen LogP contribution is 2.65. The Kier molecular flexibility index (Phi) is 4.76. The van der Waals surface area contributed by atoms with E-state index < -0.39 is 0 Å². The Hall–Kier alpha value is -3.61. The molecule has 5 aliphatic rings. The molecule has 6 atom stereocenters. The normalized spacial score (nSPS) is 30.1. The number of amides is 3. The number of hydrogen-bond donors (Lipinski definition) is 0. The summed E-state index contributed by atoms with van der Waals surface area (Å²) >= 11 is 0. The van der Waals surface area contributed by atoms with Crippen LogP contribution in [0.3, 0.4) is 0 Å². The number of carbonyl (C=O) groups excluding carboxylic acids is 3. The quantitative estimate of drug-likeness (QED) is 0.490. The second-order valence-corrected chi connectivity index (χ2v) is 9.56. The molecule has 3 fully saturated rings. The first-order chi connectivity index (χ1) is 16.5. The zero-order valence-electron chi connectivity index (χ0n) is 19.1. The van der Waals surface area contributed by atoms with Crippen LogP contribution in [0.1, 0.15) is 16.8 Å². The van der Waals surface area contributed by atoms with Gasteiger partial charge in [-0.05, 0) is 72.6 Å². The molecule has 34 heavy (non-hydrogen) atoms. The Labute approximate surface area is 197 Å². The van der Waals surface area contributed by atoms with Gasteiger partial charge in [0.1, 0.15) is 18.2 Å². The number of anilines is 1. The average Bonchev–Trinajstić information content (AvgIpc) is 3.67. The highest BCUT2D eigenvalue weighted by atomic mass is 16.5. The van der Waals surface area contributed by atoms with E-state index in [0.29, 0.717) is 34.6 Å². The molecule has 0 radical (unpaired) electrons. The van der Waals surface area contributed by atoms with Crippen LogP contribution in [0.4, 0.5) is 5.69 Å². The van der Waals surface area contributed by atoms with Crippen LogP contribution in [0, 0.1) is 35.5 Å². The fraction of sp³-hybridized carbons (Fsp3) is 0.370. The Morgan fingerprint density at radius 3 is 2.12 bits per heavy atom. The van der Waals surface area contributed by atoms with Crippen molar-refractivity contribution in [3.05, 3.63) is 66.2 Å². The third-order valence-electron chi connectivity index (χ3n) is 7.98. The van der Waals surface area contributed by atoms with Gasteiger partial charge in [-0.3, -0.25) is 24.2 Å². The van der Waals surface area contributed by atoms with Gasteiger partial charge in [0.2, 0.25) is 11.8 Å². The fourth-order valence-corrected chi connectivity index (χ4v) is 6.24. The number of likely N-dealkylation sites (tertiary alicyclic amines) is 1. The van der Waals surface area contributed by atoms with Crippen molar-refractivity contribution in [2.75, 3.05) is 25.8 Å². The van der Waals surface area contributed by atoms with E-state index >= 15 is 0 Å². The molecular formula is C27H26N2O5. The molecule has 1 saturated heterocycles. The van der Waals surface area contributed by atoms with Gasteiger partial charge < -0.3 is 9.47 Å². The van der Waals surface area contributed by atoms with Crippen molar-refractivity contribution in [3.8, 4) is 11.5 Å². The third kappa shape index (κ3) is 3.06. The summed E-state index contributed by atoms with van der Waals surface area (Å²) < 4.78 is 10.5. The van der Waals surface area contributed by atoms with E-state index in [9.17, 15) is 14.4 Å². The summed E-state index contributed by atoms with van der Waals surface area (Å²) in [4.78, 5) is 43.5. The lowest BCUT2D eigenvalue weighted by Crippen LogP contribution is -2.45. The Bertz CT molecular complexity index is 1170. The summed E-state index contributed by atoms with van der Waals surface area (Å²) in [6.45, 7) is -0.123. The van der Waals surface area contributed by atoms with E-state index in [-0.39, 0.29) is 48.1 Å². The highest BCUT2D eigenvalue weighted by molar-refractivity contribution is 6.10. The Morgan fingerprint density at radius 2 is 1.53 bits per heavy atom. The molecule has 6 unspecified atom stereocenters. The molecule has 7 nitrogen and oxygen atoms in total. The topological polar surface area (TPSA) is 76.2 Å². The molecule has 1 heterocycles. The van der Waals surface area contributed by atoms with Crippen LogP contribution in [-0.2, 0) is 9.59 Å². The average molecular weight is 459 g/mol. The largest absolute Gasteiger partial charge is 0.497 e. The second-order valence-electron chi connectivity index (χ2n) is 9.56. The Morgan fingerprint density at radius 1 is 0.912 bits per heavy atom. The maximum absolute atomic E-state index is 13.7. The molecule has 7 heteroatoms. The third-order valence-corrected chi connectivity index (χ3v) is 7.98. The number of hydrogen-bond acceptors (Lipinski definition) is 5. The van der Waals surface area contributed by atoms with Gasteiger partial charge in [-0.1, -0.05) is 18.2 Å². The maximum atomic E-state index is 13.7. The number of nitrogens with zero attached hydrogens (tertiary/aromatic N) is 2. The minimum atomic E-state index is -0.316. The smallest absolute Gasteiger partial charge is 0.259 e. The molecule has 2 aromatic carbocycles. The van der Waals surface area contributed by atoms with Gasteiger partial charge in [-0.2, -0.15) is 0 Å². The van der Waals surface area contributed by atoms with Crippen LogP contribution in [0.15, 0.2) is 60.7 Å². The number of imide groups is 1. The van der Waals surface area contributed by atoms with Crippen LogP contribution in [-0.4, -0.2) is 43.5 Å². The number of ether oxygens (including phenoxy) is 2. The number of benzene rings is 2. The monoisotopic (exact) mass is 458 g/mol. The standard InChI is InChI=1S/C27H26N2O5/c1-33-17-8-6-16(7-9-17)28(25(30)15-4-3-5-18(12-15)34-2)14-29-26(31)23-19-10-11-20(22-13-21(19)22)24(23)27(29)32/h3-12,19-24H,13-14H2,1-2H3. The van der Waals surface area contributed by atoms with Crippen LogP contribution in [0.5, 0.6) is 11.5 Å². The number of rotatable bonds is 6. The van der Waals surface area contributed by atoms with Crippen molar-refractivity contribution in [3.63, 3.8) is 0 Å². The summed E-state index contributed by atoms with van der Waals surface area (Å²) in [5, 5.41) is 0. The van der Waals surface area contributed by atoms with Crippen LogP contribution >= 0.6 is 0 Å². The van der Waals surface area contributed by atoms with Gasteiger partial charge in [0.05, 0.1) is 26.1 Å². The van der Waals surface area contributed by atoms with Crippen LogP contribution in [0.2, 0.25) is 0 Å². The first-order valence-electron chi connectivity index (χ1n) is 11.7. The van der Waals surface area contributed by atoms with Gasteiger partial charge in [0.25, 0.3) is 5.91 Å². The molecule has 7 rings (SSSR count). The molecule has 0 spiro atoms.